The van der Waals surface area contributed by atoms with Crippen LogP contribution < -0.4 is 5.32 Å². The summed E-state index contributed by atoms with van der Waals surface area (Å²) < 4.78 is 5.94. The Hall–Kier alpha value is -0.800. The molecule has 0 radical (unpaired) electrons. The Morgan fingerprint density at radius 2 is 1.90 bits per heavy atom. The van der Waals surface area contributed by atoms with Crippen LogP contribution in [0.3, 0.4) is 0 Å². The largest absolute Gasteiger partial charge is 0.465 e. The molecule has 0 aliphatic carbocycles. The van der Waals surface area contributed by atoms with Gasteiger partial charge in [0, 0.05) is 18.7 Å². The van der Waals surface area contributed by atoms with Crippen LogP contribution in [0.4, 0.5) is 0 Å². The Morgan fingerprint density at radius 1 is 1.19 bits per heavy atom. The first-order valence-corrected chi connectivity index (χ1v) is 8.65. The summed E-state index contributed by atoms with van der Waals surface area (Å²) in [6.45, 7) is 16.3. The van der Waals surface area contributed by atoms with Gasteiger partial charge in [-0.2, -0.15) is 0 Å². The number of rotatable bonds is 11. The van der Waals surface area contributed by atoms with Gasteiger partial charge in [0.05, 0.1) is 6.54 Å². The molecule has 0 saturated carbocycles. The van der Waals surface area contributed by atoms with Gasteiger partial charge >= 0.3 is 0 Å². The van der Waals surface area contributed by atoms with Crippen molar-refractivity contribution in [1.29, 1.82) is 0 Å². The molecule has 0 saturated heterocycles. The molecule has 0 unspecified atom stereocenters. The minimum Gasteiger partial charge on any atom is -0.465 e. The fraction of sp³-hybridized carbons (Fsp3) is 0.778. The summed E-state index contributed by atoms with van der Waals surface area (Å²) in [6, 6.07) is 2.23. The smallest absolute Gasteiger partial charge is 0.118 e. The highest BCUT2D eigenvalue weighted by molar-refractivity contribution is 5.20. The Bertz CT molecular complexity index is 383. The highest BCUT2D eigenvalue weighted by Crippen LogP contribution is 2.18. The van der Waals surface area contributed by atoms with Gasteiger partial charge < -0.3 is 9.73 Å². The Labute approximate surface area is 131 Å². The minimum atomic E-state index is 0.798. The maximum absolute atomic E-state index is 5.94. The van der Waals surface area contributed by atoms with Crippen LogP contribution in [-0.4, -0.2) is 24.5 Å². The lowest BCUT2D eigenvalue weighted by Crippen LogP contribution is -2.28. The number of aryl methyl sites for hydroxylation is 1. The molecular weight excluding hydrogens is 260 g/mol. The molecule has 3 nitrogen and oxygen atoms in total. The molecule has 3 heteroatoms. The van der Waals surface area contributed by atoms with E-state index in [1.165, 1.54) is 31.4 Å². The van der Waals surface area contributed by atoms with E-state index in [4.69, 9.17) is 4.42 Å². The quantitative estimate of drug-likeness (QED) is 0.615. The van der Waals surface area contributed by atoms with Gasteiger partial charge in [-0.3, -0.25) is 4.90 Å². The number of nitrogens with one attached hydrogen (secondary N) is 1. The van der Waals surface area contributed by atoms with Crippen LogP contribution in [0.15, 0.2) is 10.5 Å². The lowest BCUT2D eigenvalue weighted by atomic mass is 10.0. The Morgan fingerprint density at radius 3 is 2.48 bits per heavy atom. The summed E-state index contributed by atoms with van der Waals surface area (Å²) in [7, 11) is 0. The summed E-state index contributed by atoms with van der Waals surface area (Å²) in [6.07, 6.45) is 3.69. The second kappa shape index (κ2) is 10.0. The molecule has 0 fully saturated rings. The SMILES string of the molecule is CCCNCc1cc(CN(CC)CC(CC)CC)oc1C. The zero-order valence-corrected chi connectivity index (χ0v) is 14.7. The van der Waals surface area contributed by atoms with E-state index in [-0.39, 0.29) is 0 Å². The van der Waals surface area contributed by atoms with Crippen molar-refractivity contribution in [1.82, 2.24) is 10.2 Å². The number of nitrogens with zero attached hydrogens (tertiary/aromatic N) is 1. The third-order valence-electron chi connectivity index (χ3n) is 4.31. The summed E-state index contributed by atoms with van der Waals surface area (Å²) in [5.74, 6) is 2.97. The van der Waals surface area contributed by atoms with Gasteiger partial charge in [-0.25, -0.2) is 0 Å². The minimum absolute atomic E-state index is 0.798. The van der Waals surface area contributed by atoms with Gasteiger partial charge in [0.25, 0.3) is 0 Å². The van der Waals surface area contributed by atoms with Gasteiger partial charge in [0.15, 0.2) is 0 Å². The van der Waals surface area contributed by atoms with Crippen LogP contribution in [0.1, 0.15) is 64.0 Å². The van der Waals surface area contributed by atoms with Gasteiger partial charge in [-0.1, -0.05) is 40.5 Å². The first kappa shape index (κ1) is 18.2. The van der Waals surface area contributed by atoms with Crippen LogP contribution in [0, 0.1) is 12.8 Å². The van der Waals surface area contributed by atoms with Crippen molar-refractivity contribution in [2.75, 3.05) is 19.6 Å². The second-order valence-electron chi connectivity index (χ2n) is 5.98. The van der Waals surface area contributed by atoms with E-state index >= 15 is 0 Å². The molecule has 1 rings (SSSR count). The number of hydrogen-bond acceptors (Lipinski definition) is 3. The number of furan rings is 1. The molecule has 1 aromatic rings. The fourth-order valence-electron chi connectivity index (χ4n) is 2.68. The van der Waals surface area contributed by atoms with Crippen molar-refractivity contribution in [3.8, 4) is 0 Å². The summed E-state index contributed by atoms with van der Waals surface area (Å²) >= 11 is 0. The molecule has 0 aliphatic rings. The van der Waals surface area contributed by atoms with Crippen molar-refractivity contribution < 1.29 is 4.42 Å². The predicted octanol–water partition coefficient (Wildman–Crippen LogP) is 4.35. The molecule has 1 N–H and O–H groups in total. The average Bonchev–Trinajstić information content (AvgIpc) is 2.83. The number of hydrogen-bond donors (Lipinski definition) is 1. The van der Waals surface area contributed by atoms with E-state index in [2.05, 4.69) is 50.9 Å². The molecule has 0 amide bonds. The zero-order chi connectivity index (χ0) is 15.7. The van der Waals surface area contributed by atoms with Crippen LogP contribution in [0.5, 0.6) is 0 Å². The van der Waals surface area contributed by atoms with Gasteiger partial charge in [-0.05, 0) is 38.4 Å². The van der Waals surface area contributed by atoms with Crippen LogP contribution in [-0.2, 0) is 13.1 Å². The topological polar surface area (TPSA) is 28.4 Å². The first-order chi connectivity index (χ1) is 10.1. The molecule has 0 spiro atoms. The van der Waals surface area contributed by atoms with E-state index in [9.17, 15) is 0 Å². The van der Waals surface area contributed by atoms with Gasteiger partial charge in [-0.15, -0.1) is 0 Å². The standard InChI is InChI=1S/C18H34N2O/c1-6-10-19-12-17-11-18(21-15(17)5)14-20(9-4)13-16(7-2)8-3/h11,16,19H,6-10,12-14H2,1-5H3. The monoisotopic (exact) mass is 294 g/mol. The maximum atomic E-state index is 5.94. The summed E-state index contributed by atoms with van der Waals surface area (Å²) in [4.78, 5) is 2.50. The van der Waals surface area contributed by atoms with E-state index in [1.54, 1.807) is 0 Å². The molecule has 0 atom stereocenters. The van der Waals surface area contributed by atoms with E-state index in [0.717, 1.165) is 43.6 Å². The maximum Gasteiger partial charge on any atom is 0.118 e. The van der Waals surface area contributed by atoms with E-state index in [1.807, 2.05) is 0 Å². The van der Waals surface area contributed by atoms with E-state index in [0.29, 0.717) is 0 Å². The molecule has 1 aromatic heterocycles. The van der Waals surface area contributed by atoms with Crippen LogP contribution in [0.2, 0.25) is 0 Å². The molecule has 1 heterocycles. The second-order valence-corrected chi connectivity index (χ2v) is 5.98. The molecular formula is C18H34N2O. The molecule has 0 aliphatic heterocycles. The highest BCUT2D eigenvalue weighted by atomic mass is 16.3. The van der Waals surface area contributed by atoms with Gasteiger partial charge in [0.2, 0.25) is 0 Å². The Kier molecular flexibility index (Phi) is 8.70. The fourth-order valence-corrected chi connectivity index (χ4v) is 2.68. The van der Waals surface area contributed by atoms with E-state index < -0.39 is 0 Å². The molecule has 0 aromatic carbocycles. The molecule has 122 valence electrons. The first-order valence-electron chi connectivity index (χ1n) is 8.65. The lowest BCUT2D eigenvalue weighted by Gasteiger charge is -2.24. The van der Waals surface area contributed by atoms with Crippen LogP contribution in [0.25, 0.3) is 0 Å². The zero-order valence-electron chi connectivity index (χ0n) is 14.7. The highest BCUT2D eigenvalue weighted by Gasteiger charge is 2.13. The molecule has 0 bridgehead atoms. The van der Waals surface area contributed by atoms with Crippen molar-refractivity contribution in [2.24, 2.45) is 5.92 Å². The van der Waals surface area contributed by atoms with Crippen molar-refractivity contribution in [2.45, 2.75) is 67.0 Å². The lowest BCUT2D eigenvalue weighted by molar-refractivity contribution is 0.210. The van der Waals surface area contributed by atoms with Crippen LogP contribution >= 0.6 is 0 Å². The average molecular weight is 294 g/mol. The van der Waals surface area contributed by atoms with Crippen molar-refractivity contribution in [3.63, 3.8) is 0 Å². The van der Waals surface area contributed by atoms with Crippen molar-refractivity contribution in [3.05, 3.63) is 23.2 Å². The summed E-state index contributed by atoms with van der Waals surface area (Å²) in [5, 5.41) is 3.45. The third-order valence-corrected chi connectivity index (χ3v) is 4.31. The van der Waals surface area contributed by atoms with Gasteiger partial charge in [0.1, 0.15) is 11.5 Å². The third kappa shape index (κ3) is 6.23. The normalized spacial score (nSPS) is 11.8. The summed E-state index contributed by atoms with van der Waals surface area (Å²) in [5.41, 5.74) is 1.30. The Balaban J connectivity index is 2.57. The van der Waals surface area contributed by atoms with Crippen molar-refractivity contribution >= 4 is 0 Å². The predicted molar refractivity (Wildman–Crippen MR) is 90.5 cm³/mol. The molecule has 21 heavy (non-hydrogen) atoms.